The van der Waals surface area contributed by atoms with E-state index >= 15 is 0 Å². The van der Waals surface area contributed by atoms with Gasteiger partial charge in [0.15, 0.2) is 5.96 Å². The molecule has 0 aliphatic carbocycles. The number of hydrogen-bond acceptors (Lipinski definition) is 3. The summed E-state index contributed by atoms with van der Waals surface area (Å²) in [5, 5.41) is 0. The summed E-state index contributed by atoms with van der Waals surface area (Å²) in [6.45, 7) is 4.31. The van der Waals surface area contributed by atoms with E-state index in [-0.39, 0.29) is 0 Å². The van der Waals surface area contributed by atoms with E-state index in [1.54, 1.807) is 4.90 Å². The van der Waals surface area contributed by atoms with Gasteiger partial charge >= 0.3 is 0 Å². The lowest BCUT2D eigenvalue weighted by atomic mass is 10.3. The smallest absolute Gasteiger partial charge is 0.191 e. The molecule has 1 rings (SSSR count). The van der Waals surface area contributed by atoms with Crippen LogP contribution in [-0.4, -0.2) is 34.9 Å². The third-order valence-corrected chi connectivity index (χ3v) is 1.88. The van der Waals surface area contributed by atoms with E-state index in [0.29, 0.717) is 12.5 Å². The van der Waals surface area contributed by atoms with Crippen molar-refractivity contribution in [3.8, 4) is 0 Å². The van der Waals surface area contributed by atoms with Crippen molar-refractivity contribution >= 4 is 5.96 Å². The molecule has 5 heteroatoms. The Bertz CT molecular complexity index is 350. The molecule has 0 aliphatic heterocycles. The highest BCUT2D eigenvalue weighted by molar-refractivity contribution is 5.77. The summed E-state index contributed by atoms with van der Waals surface area (Å²) in [4.78, 5) is 14.4. The van der Waals surface area contributed by atoms with Crippen LogP contribution in [0.2, 0.25) is 0 Å². The molecule has 2 N–H and O–H groups in total. The molecule has 0 unspecified atom stereocenters. The zero-order chi connectivity index (χ0) is 11.4. The molecule has 0 saturated heterocycles. The summed E-state index contributed by atoms with van der Waals surface area (Å²) in [5.41, 5.74) is 7.52. The summed E-state index contributed by atoms with van der Waals surface area (Å²) in [7, 11) is 3.71. The molecule has 0 saturated carbocycles. The maximum absolute atomic E-state index is 5.67. The highest BCUT2D eigenvalue weighted by atomic mass is 15.2. The van der Waals surface area contributed by atoms with Gasteiger partial charge in [-0.25, -0.2) is 15.0 Å². The van der Waals surface area contributed by atoms with Crippen molar-refractivity contribution in [2.45, 2.75) is 20.4 Å². The Morgan fingerprint density at radius 1 is 1.40 bits per heavy atom. The summed E-state index contributed by atoms with van der Waals surface area (Å²) in [6.07, 6.45) is 0. The first kappa shape index (κ1) is 11.4. The van der Waals surface area contributed by atoms with Crippen LogP contribution in [0.1, 0.15) is 17.2 Å². The van der Waals surface area contributed by atoms with Crippen LogP contribution in [0.25, 0.3) is 0 Å². The van der Waals surface area contributed by atoms with Crippen LogP contribution in [0.4, 0.5) is 0 Å². The Morgan fingerprint density at radius 3 is 2.60 bits per heavy atom. The van der Waals surface area contributed by atoms with Crippen molar-refractivity contribution in [1.82, 2.24) is 14.9 Å². The monoisotopic (exact) mass is 207 g/mol. The van der Waals surface area contributed by atoms with E-state index < -0.39 is 0 Å². The van der Waals surface area contributed by atoms with Crippen LogP contribution in [0.3, 0.4) is 0 Å². The first-order valence-corrected chi connectivity index (χ1v) is 4.77. The fourth-order valence-corrected chi connectivity index (χ4v) is 1.18. The topological polar surface area (TPSA) is 67.4 Å². The number of guanidine groups is 1. The molecule has 0 amide bonds. The van der Waals surface area contributed by atoms with Crippen LogP contribution in [-0.2, 0) is 6.54 Å². The minimum absolute atomic E-state index is 0.494. The lowest BCUT2D eigenvalue weighted by Gasteiger charge is -2.10. The molecule has 0 aromatic carbocycles. The number of hydrogen-bond donors (Lipinski definition) is 1. The van der Waals surface area contributed by atoms with Gasteiger partial charge in [0.25, 0.3) is 0 Å². The van der Waals surface area contributed by atoms with Crippen LogP contribution in [0.15, 0.2) is 11.1 Å². The number of nitrogens with two attached hydrogens (primary N) is 1. The molecular formula is C10H17N5. The average molecular weight is 207 g/mol. The van der Waals surface area contributed by atoms with Crippen molar-refractivity contribution in [2.24, 2.45) is 10.7 Å². The molecule has 15 heavy (non-hydrogen) atoms. The minimum atomic E-state index is 0.494. The van der Waals surface area contributed by atoms with E-state index in [1.165, 1.54) is 0 Å². The SMILES string of the molecule is Cc1cc(CN=C(N)N(C)C)nc(C)n1. The Hall–Kier alpha value is -1.65. The largest absolute Gasteiger partial charge is 0.370 e. The lowest BCUT2D eigenvalue weighted by Crippen LogP contribution is -2.30. The van der Waals surface area contributed by atoms with Gasteiger partial charge in [-0.15, -0.1) is 0 Å². The fraction of sp³-hybridized carbons (Fsp3) is 0.500. The second kappa shape index (κ2) is 4.72. The predicted molar refractivity (Wildman–Crippen MR) is 60.5 cm³/mol. The zero-order valence-electron chi connectivity index (χ0n) is 9.65. The highest BCUT2D eigenvalue weighted by Crippen LogP contribution is 2.01. The van der Waals surface area contributed by atoms with Gasteiger partial charge in [-0.2, -0.15) is 0 Å². The molecule has 0 fully saturated rings. The Labute approximate surface area is 90.1 Å². The summed E-state index contributed by atoms with van der Waals surface area (Å²) < 4.78 is 0. The van der Waals surface area contributed by atoms with E-state index in [2.05, 4.69) is 15.0 Å². The maximum Gasteiger partial charge on any atom is 0.191 e. The second-order valence-electron chi connectivity index (χ2n) is 3.62. The van der Waals surface area contributed by atoms with Gasteiger partial charge < -0.3 is 10.6 Å². The van der Waals surface area contributed by atoms with Crippen LogP contribution >= 0.6 is 0 Å². The quantitative estimate of drug-likeness (QED) is 0.565. The average Bonchev–Trinajstić information content (AvgIpc) is 2.12. The third kappa shape index (κ3) is 3.53. The Kier molecular flexibility index (Phi) is 3.60. The maximum atomic E-state index is 5.67. The second-order valence-corrected chi connectivity index (χ2v) is 3.62. The Morgan fingerprint density at radius 2 is 2.07 bits per heavy atom. The molecule has 82 valence electrons. The molecular weight excluding hydrogens is 190 g/mol. The molecule has 1 aromatic rings. The number of aromatic nitrogens is 2. The van der Waals surface area contributed by atoms with Gasteiger partial charge in [-0.1, -0.05) is 0 Å². The predicted octanol–water partition coefficient (Wildman–Crippen LogP) is 0.470. The summed E-state index contributed by atoms with van der Waals surface area (Å²) in [6, 6.07) is 1.92. The number of aryl methyl sites for hydroxylation is 2. The van der Waals surface area contributed by atoms with Gasteiger partial charge in [0.05, 0.1) is 12.2 Å². The van der Waals surface area contributed by atoms with Gasteiger partial charge in [0, 0.05) is 19.8 Å². The van der Waals surface area contributed by atoms with Gasteiger partial charge in [0.2, 0.25) is 0 Å². The molecule has 5 nitrogen and oxygen atoms in total. The summed E-state index contributed by atoms with van der Waals surface area (Å²) >= 11 is 0. The van der Waals surface area contributed by atoms with Gasteiger partial charge in [-0.3, -0.25) is 0 Å². The molecule has 1 aromatic heterocycles. The number of nitrogens with zero attached hydrogens (tertiary/aromatic N) is 4. The first-order valence-electron chi connectivity index (χ1n) is 4.77. The number of aliphatic imine (C=N–C) groups is 1. The molecule has 0 aliphatic rings. The molecule has 1 heterocycles. The zero-order valence-corrected chi connectivity index (χ0v) is 9.65. The highest BCUT2D eigenvalue weighted by Gasteiger charge is 1.99. The van der Waals surface area contributed by atoms with Crippen LogP contribution < -0.4 is 5.73 Å². The van der Waals surface area contributed by atoms with Crippen molar-refractivity contribution < 1.29 is 0 Å². The molecule has 0 spiro atoms. The normalized spacial score (nSPS) is 11.6. The first-order chi connectivity index (χ1) is 6.99. The minimum Gasteiger partial charge on any atom is -0.370 e. The van der Waals surface area contributed by atoms with Gasteiger partial charge in [-0.05, 0) is 19.9 Å². The van der Waals surface area contributed by atoms with E-state index in [1.807, 2.05) is 34.0 Å². The third-order valence-electron chi connectivity index (χ3n) is 1.88. The van der Waals surface area contributed by atoms with E-state index in [9.17, 15) is 0 Å². The van der Waals surface area contributed by atoms with E-state index in [4.69, 9.17) is 5.73 Å². The Balaban J connectivity index is 2.77. The fourth-order valence-electron chi connectivity index (χ4n) is 1.18. The van der Waals surface area contributed by atoms with Crippen LogP contribution in [0.5, 0.6) is 0 Å². The van der Waals surface area contributed by atoms with Crippen molar-refractivity contribution in [1.29, 1.82) is 0 Å². The van der Waals surface area contributed by atoms with Crippen molar-refractivity contribution in [3.05, 3.63) is 23.3 Å². The van der Waals surface area contributed by atoms with Crippen molar-refractivity contribution in [3.63, 3.8) is 0 Å². The molecule has 0 radical (unpaired) electrons. The van der Waals surface area contributed by atoms with Crippen molar-refractivity contribution in [2.75, 3.05) is 14.1 Å². The van der Waals surface area contributed by atoms with Crippen LogP contribution in [0, 0.1) is 13.8 Å². The standard InChI is InChI=1S/C10H17N5/c1-7-5-9(14-8(2)13-7)6-12-10(11)15(3)4/h5H,6H2,1-4H3,(H2,11,12). The van der Waals surface area contributed by atoms with E-state index in [0.717, 1.165) is 17.2 Å². The molecule has 0 bridgehead atoms. The summed E-state index contributed by atoms with van der Waals surface area (Å²) in [5.74, 6) is 1.27. The van der Waals surface area contributed by atoms with Gasteiger partial charge in [0.1, 0.15) is 5.82 Å². The number of rotatable bonds is 2. The molecule has 0 atom stereocenters. The lowest BCUT2D eigenvalue weighted by molar-refractivity contribution is 0.608.